The van der Waals surface area contributed by atoms with Gasteiger partial charge in [-0.1, -0.05) is 30.3 Å². The third kappa shape index (κ3) is 4.77. The molecule has 0 saturated heterocycles. The molecule has 2 rings (SSSR count). The molecule has 0 amide bonds. The number of hydrogen-bond donors (Lipinski definition) is 1. The van der Waals surface area contributed by atoms with Crippen molar-refractivity contribution >= 4 is 5.78 Å². The van der Waals surface area contributed by atoms with Crippen molar-refractivity contribution in [2.45, 2.75) is 13.5 Å². The van der Waals surface area contributed by atoms with E-state index in [1.165, 1.54) is 0 Å². The number of pyridine rings is 1. The fourth-order valence-corrected chi connectivity index (χ4v) is 2.21. The number of carbonyl (C=O) groups excluding carboxylic acids is 1. The van der Waals surface area contributed by atoms with E-state index in [1.807, 2.05) is 42.2 Å². The third-order valence-corrected chi connectivity index (χ3v) is 3.25. The lowest BCUT2D eigenvalue weighted by atomic mass is 10.1. The highest BCUT2D eigenvalue weighted by molar-refractivity contribution is 5.97. The van der Waals surface area contributed by atoms with Crippen LogP contribution in [0, 0.1) is 6.92 Å². The van der Waals surface area contributed by atoms with Crippen molar-refractivity contribution in [3.8, 4) is 0 Å². The van der Waals surface area contributed by atoms with E-state index in [0.717, 1.165) is 11.3 Å². The summed E-state index contributed by atoms with van der Waals surface area (Å²) in [5, 5.41) is 9.18. The van der Waals surface area contributed by atoms with Crippen LogP contribution in [0.3, 0.4) is 0 Å². The molecule has 4 heteroatoms. The van der Waals surface area contributed by atoms with E-state index < -0.39 is 0 Å². The van der Waals surface area contributed by atoms with Crippen molar-refractivity contribution in [3.05, 3.63) is 65.5 Å². The van der Waals surface area contributed by atoms with Gasteiger partial charge in [0.2, 0.25) is 0 Å². The summed E-state index contributed by atoms with van der Waals surface area (Å²) in [7, 11) is 0. The van der Waals surface area contributed by atoms with E-state index in [2.05, 4.69) is 4.98 Å². The number of nitrogens with zero attached hydrogens (tertiary/aromatic N) is 2. The SMILES string of the molecule is Cc1cc(C(=O)CN(CCO)Cc2ccccc2)ccn1. The molecule has 1 heterocycles. The lowest BCUT2D eigenvalue weighted by molar-refractivity contribution is 0.0908. The molecule has 0 saturated carbocycles. The molecular weight excluding hydrogens is 264 g/mol. The van der Waals surface area contributed by atoms with E-state index in [9.17, 15) is 9.90 Å². The highest BCUT2D eigenvalue weighted by Gasteiger charge is 2.13. The first-order chi connectivity index (χ1) is 10.2. The minimum atomic E-state index is 0.0372. The van der Waals surface area contributed by atoms with Crippen molar-refractivity contribution in [3.63, 3.8) is 0 Å². The summed E-state index contributed by atoms with van der Waals surface area (Å²) < 4.78 is 0. The number of carbonyl (C=O) groups is 1. The third-order valence-electron chi connectivity index (χ3n) is 3.25. The second-order valence-electron chi connectivity index (χ2n) is 5.03. The van der Waals surface area contributed by atoms with Crippen LogP contribution in [-0.4, -0.2) is 40.5 Å². The van der Waals surface area contributed by atoms with Crippen molar-refractivity contribution in [1.82, 2.24) is 9.88 Å². The van der Waals surface area contributed by atoms with E-state index in [0.29, 0.717) is 25.2 Å². The Morgan fingerprint density at radius 2 is 2.00 bits per heavy atom. The number of aromatic nitrogens is 1. The van der Waals surface area contributed by atoms with Crippen LogP contribution < -0.4 is 0 Å². The molecule has 110 valence electrons. The van der Waals surface area contributed by atoms with Crippen LogP contribution in [-0.2, 0) is 6.54 Å². The van der Waals surface area contributed by atoms with Crippen LogP contribution >= 0.6 is 0 Å². The van der Waals surface area contributed by atoms with Gasteiger partial charge < -0.3 is 5.11 Å². The standard InChI is InChI=1S/C17H20N2O2/c1-14-11-16(7-8-18-14)17(21)13-19(9-10-20)12-15-5-3-2-4-6-15/h2-8,11,20H,9-10,12-13H2,1H3. The maximum absolute atomic E-state index is 12.3. The van der Waals surface area contributed by atoms with E-state index in [4.69, 9.17) is 0 Å². The van der Waals surface area contributed by atoms with Gasteiger partial charge in [0.15, 0.2) is 5.78 Å². The molecule has 4 nitrogen and oxygen atoms in total. The predicted molar refractivity (Wildman–Crippen MR) is 82.1 cm³/mol. The molecule has 0 atom stereocenters. The van der Waals surface area contributed by atoms with Gasteiger partial charge in [-0.2, -0.15) is 0 Å². The van der Waals surface area contributed by atoms with Gasteiger partial charge in [-0.25, -0.2) is 0 Å². The number of benzene rings is 1. The maximum atomic E-state index is 12.3. The van der Waals surface area contributed by atoms with Crippen LogP contribution in [0.2, 0.25) is 0 Å². The Labute approximate surface area is 125 Å². The molecule has 1 aromatic carbocycles. The van der Waals surface area contributed by atoms with Gasteiger partial charge in [-0.15, -0.1) is 0 Å². The van der Waals surface area contributed by atoms with Gasteiger partial charge >= 0.3 is 0 Å². The van der Waals surface area contributed by atoms with Crippen molar-refractivity contribution in [2.75, 3.05) is 19.7 Å². The number of aliphatic hydroxyl groups is 1. The number of aliphatic hydroxyl groups excluding tert-OH is 1. The van der Waals surface area contributed by atoms with Gasteiger partial charge in [0, 0.05) is 30.5 Å². The van der Waals surface area contributed by atoms with Crippen LogP contribution in [0.4, 0.5) is 0 Å². The fourth-order valence-electron chi connectivity index (χ4n) is 2.21. The number of ketones is 1. The molecule has 0 aliphatic heterocycles. The monoisotopic (exact) mass is 284 g/mol. The first kappa shape index (κ1) is 15.4. The molecule has 0 unspecified atom stereocenters. The van der Waals surface area contributed by atoms with E-state index >= 15 is 0 Å². The average Bonchev–Trinajstić information content (AvgIpc) is 2.48. The Bertz CT molecular complexity index is 584. The smallest absolute Gasteiger partial charge is 0.176 e. The van der Waals surface area contributed by atoms with Crippen molar-refractivity contribution in [2.24, 2.45) is 0 Å². The molecule has 0 spiro atoms. The second kappa shape index (κ2) is 7.67. The Balaban J connectivity index is 2.04. The number of hydrogen-bond acceptors (Lipinski definition) is 4. The Kier molecular flexibility index (Phi) is 5.60. The number of aryl methyl sites for hydroxylation is 1. The molecule has 0 radical (unpaired) electrons. The van der Waals surface area contributed by atoms with Crippen LogP contribution in [0.25, 0.3) is 0 Å². The zero-order valence-corrected chi connectivity index (χ0v) is 12.2. The lowest BCUT2D eigenvalue weighted by Crippen LogP contribution is -2.32. The molecule has 2 aromatic rings. The number of rotatable bonds is 7. The average molecular weight is 284 g/mol. The minimum Gasteiger partial charge on any atom is -0.395 e. The minimum absolute atomic E-state index is 0.0372. The Morgan fingerprint density at radius 1 is 1.24 bits per heavy atom. The van der Waals surface area contributed by atoms with Crippen LogP contribution in [0.15, 0.2) is 48.7 Å². The summed E-state index contributed by atoms with van der Waals surface area (Å²) in [5.74, 6) is 0.0462. The molecule has 0 bridgehead atoms. The van der Waals surface area contributed by atoms with Gasteiger partial charge in [0.1, 0.15) is 0 Å². The van der Waals surface area contributed by atoms with Gasteiger partial charge in [0.05, 0.1) is 13.2 Å². The highest BCUT2D eigenvalue weighted by atomic mass is 16.3. The van der Waals surface area contributed by atoms with Crippen molar-refractivity contribution in [1.29, 1.82) is 0 Å². The molecule has 0 aliphatic rings. The molecular formula is C17H20N2O2. The van der Waals surface area contributed by atoms with Crippen LogP contribution in [0.5, 0.6) is 0 Å². The summed E-state index contributed by atoms with van der Waals surface area (Å²) in [5.41, 5.74) is 2.63. The maximum Gasteiger partial charge on any atom is 0.176 e. The second-order valence-corrected chi connectivity index (χ2v) is 5.03. The van der Waals surface area contributed by atoms with Gasteiger partial charge in [-0.3, -0.25) is 14.7 Å². The topological polar surface area (TPSA) is 53.4 Å². The van der Waals surface area contributed by atoms with Crippen LogP contribution in [0.1, 0.15) is 21.6 Å². The summed E-state index contributed by atoms with van der Waals surface area (Å²) in [4.78, 5) is 18.4. The summed E-state index contributed by atoms with van der Waals surface area (Å²) in [6.07, 6.45) is 1.65. The molecule has 21 heavy (non-hydrogen) atoms. The predicted octanol–water partition coefficient (Wildman–Crippen LogP) is 2.07. The quantitative estimate of drug-likeness (QED) is 0.791. The molecule has 0 fully saturated rings. The summed E-state index contributed by atoms with van der Waals surface area (Å²) in [6.45, 7) is 3.32. The first-order valence-electron chi connectivity index (χ1n) is 7.02. The summed E-state index contributed by atoms with van der Waals surface area (Å²) >= 11 is 0. The molecule has 1 aromatic heterocycles. The van der Waals surface area contributed by atoms with Crippen molar-refractivity contribution < 1.29 is 9.90 Å². The zero-order valence-electron chi connectivity index (χ0n) is 12.2. The van der Waals surface area contributed by atoms with Gasteiger partial charge in [-0.05, 0) is 24.6 Å². The highest BCUT2D eigenvalue weighted by Crippen LogP contribution is 2.07. The fraction of sp³-hybridized carbons (Fsp3) is 0.294. The lowest BCUT2D eigenvalue weighted by Gasteiger charge is -2.20. The zero-order chi connectivity index (χ0) is 15.1. The normalized spacial score (nSPS) is 10.8. The molecule has 1 N–H and O–H groups in total. The van der Waals surface area contributed by atoms with E-state index in [-0.39, 0.29) is 12.4 Å². The first-order valence-corrected chi connectivity index (χ1v) is 7.02. The number of Topliss-reactive ketones (excluding diaryl/α,β-unsaturated/α-hetero) is 1. The van der Waals surface area contributed by atoms with E-state index in [1.54, 1.807) is 18.3 Å². The Morgan fingerprint density at radius 3 is 2.67 bits per heavy atom. The Hall–Kier alpha value is -2.04. The van der Waals surface area contributed by atoms with Gasteiger partial charge in [0.25, 0.3) is 0 Å². The molecule has 0 aliphatic carbocycles. The largest absolute Gasteiger partial charge is 0.395 e. The summed E-state index contributed by atoms with van der Waals surface area (Å²) in [6, 6.07) is 13.5.